The lowest BCUT2D eigenvalue weighted by Crippen LogP contribution is -2.39. The molecule has 3 aromatic rings. The van der Waals surface area contributed by atoms with Gasteiger partial charge in [-0.3, -0.25) is 9.59 Å². The molecule has 0 bridgehead atoms. The van der Waals surface area contributed by atoms with Crippen LogP contribution in [0, 0.1) is 6.92 Å². The predicted molar refractivity (Wildman–Crippen MR) is 144 cm³/mol. The summed E-state index contributed by atoms with van der Waals surface area (Å²) >= 11 is 12.1. The van der Waals surface area contributed by atoms with Gasteiger partial charge in [0.05, 0.1) is 12.3 Å². The van der Waals surface area contributed by atoms with Crippen LogP contribution in [-0.4, -0.2) is 31.6 Å². The fourth-order valence-corrected chi connectivity index (χ4v) is 4.18. The van der Waals surface area contributed by atoms with E-state index in [1.54, 1.807) is 47.4 Å². The van der Waals surface area contributed by atoms with E-state index in [0.717, 1.165) is 18.6 Å². The molecule has 0 aliphatic carbocycles. The monoisotopic (exact) mass is 524 g/mol. The summed E-state index contributed by atoms with van der Waals surface area (Å²) in [5.74, 6) is 0.986. The van der Waals surface area contributed by atoms with Gasteiger partial charge >= 0.3 is 0 Å². The molecule has 0 fully saturated rings. The normalized spacial score (nSPS) is 12.9. The average molecular weight is 525 g/mol. The summed E-state index contributed by atoms with van der Waals surface area (Å²) in [4.78, 5) is 26.7. The zero-order valence-electron chi connectivity index (χ0n) is 19.8. The van der Waals surface area contributed by atoms with Gasteiger partial charge in [0.2, 0.25) is 5.91 Å². The fourth-order valence-electron chi connectivity index (χ4n) is 3.71. The van der Waals surface area contributed by atoms with Gasteiger partial charge in [0.15, 0.2) is 6.61 Å². The summed E-state index contributed by atoms with van der Waals surface area (Å²) in [6.07, 6.45) is 4.56. The summed E-state index contributed by atoms with van der Waals surface area (Å²) in [5.41, 5.74) is 3.05. The molecule has 36 heavy (non-hydrogen) atoms. The molecule has 0 spiro atoms. The molecule has 1 N–H and O–H groups in total. The van der Waals surface area contributed by atoms with Gasteiger partial charge in [0.1, 0.15) is 11.5 Å². The van der Waals surface area contributed by atoms with E-state index >= 15 is 0 Å². The smallest absolute Gasteiger partial charge is 0.265 e. The van der Waals surface area contributed by atoms with Gasteiger partial charge in [-0.15, -0.1) is 0 Å². The number of fused-ring (bicyclic) bond motifs is 1. The minimum absolute atomic E-state index is 0.0108. The standard InChI is InChI=1S/C28H26Cl2N2O4/c1-19-4-10-23(11-5-19)35-15-3-2-14-32-25-17-22(9-12-26(25)36-18-28(32)34)31-27(33)13-7-20-6-8-21(29)16-24(20)30/h4-13,16-17H,2-3,14-15,18H2,1H3,(H,31,33)/b13-7+. The van der Waals surface area contributed by atoms with Crippen molar-refractivity contribution < 1.29 is 19.1 Å². The second-order valence-corrected chi connectivity index (χ2v) is 9.22. The van der Waals surface area contributed by atoms with Crippen molar-refractivity contribution in [3.63, 3.8) is 0 Å². The molecule has 8 heteroatoms. The number of nitrogens with one attached hydrogen (secondary N) is 1. The topological polar surface area (TPSA) is 67.9 Å². The largest absolute Gasteiger partial charge is 0.494 e. The molecule has 0 atom stereocenters. The quantitative estimate of drug-likeness (QED) is 0.255. The number of anilines is 2. The Balaban J connectivity index is 1.34. The average Bonchev–Trinajstić information content (AvgIpc) is 2.85. The second kappa shape index (κ2) is 12.0. The van der Waals surface area contributed by atoms with Gasteiger partial charge in [-0.05, 0) is 73.9 Å². The first-order chi connectivity index (χ1) is 17.4. The van der Waals surface area contributed by atoms with E-state index in [2.05, 4.69) is 5.32 Å². The number of ether oxygens (including phenoxy) is 2. The molecular weight excluding hydrogens is 499 g/mol. The van der Waals surface area contributed by atoms with Crippen LogP contribution in [0.2, 0.25) is 10.0 Å². The lowest BCUT2D eigenvalue weighted by molar-refractivity contribution is -0.121. The maximum atomic E-state index is 12.6. The van der Waals surface area contributed by atoms with Crippen LogP contribution in [0.25, 0.3) is 6.08 Å². The maximum absolute atomic E-state index is 12.6. The van der Waals surface area contributed by atoms with Crippen LogP contribution in [0.1, 0.15) is 24.0 Å². The van der Waals surface area contributed by atoms with E-state index in [9.17, 15) is 9.59 Å². The molecule has 1 aliphatic heterocycles. The Hall–Kier alpha value is -3.48. The van der Waals surface area contributed by atoms with E-state index < -0.39 is 0 Å². The maximum Gasteiger partial charge on any atom is 0.265 e. The Morgan fingerprint density at radius 1 is 1.08 bits per heavy atom. The highest BCUT2D eigenvalue weighted by Crippen LogP contribution is 2.35. The van der Waals surface area contributed by atoms with Crippen LogP contribution in [0.5, 0.6) is 11.5 Å². The molecule has 0 radical (unpaired) electrons. The van der Waals surface area contributed by atoms with E-state index in [4.69, 9.17) is 32.7 Å². The minimum Gasteiger partial charge on any atom is -0.494 e. The summed E-state index contributed by atoms with van der Waals surface area (Å²) in [6, 6.07) is 18.2. The zero-order chi connectivity index (χ0) is 25.5. The number of hydrogen-bond donors (Lipinski definition) is 1. The lowest BCUT2D eigenvalue weighted by atomic mass is 10.2. The molecular formula is C28H26Cl2N2O4. The highest BCUT2D eigenvalue weighted by molar-refractivity contribution is 6.35. The van der Waals surface area contributed by atoms with Gasteiger partial charge < -0.3 is 19.7 Å². The third-order valence-corrected chi connectivity index (χ3v) is 6.17. The van der Waals surface area contributed by atoms with Crippen LogP contribution in [0.4, 0.5) is 11.4 Å². The number of rotatable bonds is 9. The number of unbranched alkanes of at least 4 members (excludes halogenated alkanes) is 1. The van der Waals surface area contributed by atoms with Gasteiger partial charge in [-0.25, -0.2) is 0 Å². The Morgan fingerprint density at radius 3 is 2.67 bits per heavy atom. The van der Waals surface area contributed by atoms with Crippen molar-refractivity contribution in [2.45, 2.75) is 19.8 Å². The van der Waals surface area contributed by atoms with E-state index in [1.165, 1.54) is 11.6 Å². The van der Waals surface area contributed by atoms with E-state index in [-0.39, 0.29) is 18.4 Å². The van der Waals surface area contributed by atoms with Gasteiger partial charge in [0, 0.05) is 28.4 Å². The van der Waals surface area contributed by atoms with Crippen molar-refractivity contribution in [2.75, 3.05) is 30.0 Å². The molecule has 0 unspecified atom stereocenters. The molecule has 1 heterocycles. The number of hydrogen-bond acceptors (Lipinski definition) is 4. The van der Waals surface area contributed by atoms with Gasteiger partial charge in [-0.1, -0.05) is 47.0 Å². The molecule has 6 nitrogen and oxygen atoms in total. The summed E-state index contributed by atoms with van der Waals surface area (Å²) < 4.78 is 11.4. The first kappa shape index (κ1) is 25.6. The van der Waals surface area contributed by atoms with E-state index in [0.29, 0.717) is 45.9 Å². The summed E-state index contributed by atoms with van der Waals surface area (Å²) in [5, 5.41) is 3.80. The van der Waals surface area contributed by atoms with Gasteiger partial charge in [-0.2, -0.15) is 0 Å². The number of amides is 2. The van der Waals surface area contributed by atoms with Crippen LogP contribution >= 0.6 is 23.2 Å². The lowest BCUT2D eigenvalue weighted by Gasteiger charge is -2.30. The van der Waals surface area contributed by atoms with Crippen molar-refractivity contribution in [3.05, 3.63) is 87.9 Å². The van der Waals surface area contributed by atoms with Crippen molar-refractivity contribution in [1.29, 1.82) is 0 Å². The number of nitrogens with zero attached hydrogens (tertiary/aromatic N) is 1. The van der Waals surface area contributed by atoms with Crippen LogP contribution in [0.3, 0.4) is 0 Å². The number of halogens is 2. The molecule has 2 amide bonds. The van der Waals surface area contributed by atoms with Crippen molar-refractivity contribution in [2.24, 2.45) is 0 Å². The number of carbonyl (C=O) groups excluding carboxylic acids is 2. The molecule has 0 saturated heterocycles. The second-order valence-electron chi connectivity index (χ2n) is 8.37. The highest BCUT2D eigenvalue weighted by Gasteiger charge is 2.25. The molecule has 0 saturated carbocycles. The fraction of sp³-hybridized carbons (Fsp3) is 0.214. The third kappa shape index (κ3) is 6.80. The number of carbonyl (C=O) groups is 2. The summed E-state index contributed by atoms with van der Waals surface area (Å²) in [6.45, 7) is 3.11. The van der Waals surface area contributed by atoms with Gasteiger partial charge in [0.25, 0.3) is 5.91 Å². The molecule has 3 aromatic carbocycles. The first-order valence-electron chi connectivity index (χ1n) is 11.6. The molecule has 4 rings (SSSR count). The predicted octanol–water partition coefficient (Wildman–Crippen LogP) is 6.54. The van der Waals surface area contributed by atoms with Crippen molar-refractivity contribution >= 4 is 52.5 Å². The van der Waals surface area contributed by atoms with E-state index in [1.807, 2.05) is 31.2 Å². The Bertz CT molecular complexity index is 1280. The van der Waals surface area contributed by atoms with Crippen molar-refractivity contribution in [3.8, 4) is 11.5 Å². The Kier molecular flexibility index (Phi) is 8.52. The Labute approximate surface area is 220 Å². The zero-order valence-corrected chi connectivity index (χ0v) is 21.3. The third-order valence-electron chi connectivity index (χ3n) is 5.61. The number of benzene rings is 3. The molecule has 0 aromatic heterocycles. The Morgan fingerprint density at radius 2 is 1.89 bits per heavy atom. The number of aryl methyl sites for hydroxylation is 1. The molecule has 1 aliphatic rings. The molecule has 186 valence electrons. The van der Waals surface area contributed by atoms with Crippen LogP contribution < -0.4 is 19.7 Å². The van der Waals surface area contributed by atoms with Crippen LogP contribution in [-0.2, 0) is 9.59 Å². The minimum atomic E-state index is -0.330. The van der Waals surface area contributed by atoms with Crippen LogP contribution in [0.15, 0.2) is 66.7 Å². The SMILES string of the molecule is Cc1ccc(OCCCCN2C(=O)COc3ccc(NC(=O)/C=C/c4ccc(Cl)cc4Cl)cc32)cc1. The summed E-state index contributed by atoms with van der Waals surface area (Å²) in [7, 11) is 0. The van der Waals surface area contributed by atoms with Crippen molar-refractivity contribution in [1.82, 2.24) is 0 Å². The first-order valence-corrected chi connectivity index (χ1v) is 12.4. The highest BCUT2D eigenvalue weighted by atomic mass is 35.5.